The Hall–Kier alpha value is -2.38. The topological polar surface area (TPSA) is 106 Å². The normalized spacial score (nSPS) is 19.0. The van der Waals surface area contributed by atoms with Crippen molar-refractivity contribution in [3.8, 4) is 11.3 Å². The molecule has 228 valence electrons. The number of aromatic nitrogens is 1. The minimum absolute atomic E-state index is 0.0509. The molecule has 2 heterocycles. The molecule has 2 aromatic rings. The molecular weight excluding hydrogens is 579 g/mol. The second kappa shape index (κ2) is 11.4. The summed E-state index contributed by atoms with van der Waals surface area (Å²) in [6.45, 7) is 6.99. The van der Waals surface area contributed by atoms with Crippen LogP contribution >= 0.6 is 0 Å². The third-order valence-electron chi connectivity index (χ3n) is 7.70. The molecule has 0 bridgehead atoms. The molecule has 41 heavy (non-hydrogen) atoms. The molecule has 1 aliphatic carbocycles. The number of nitrogens with one attached hydrogen (secondary N) is 1. The van der Waals surface area contributed by atoms with Crippen LogP contribution in [0.15, 0.2) is 29.2 Å². The number of carbonyl (C=O) groups excluding carboxylic acids is 1. The number of carbonyl (C=O) groups is 1. The molecule has 1 saturated heterocycles. The third kappa shape index (κ3) is 7.34. The predicted octanol–water partition coefficient (Wildman–Crippen LogP) is 5.01. The summed E-state index contributed by atoms with van der Waals surface area (Å²) in [5.41, 5.74) is -0.859. The molecule has 1 aromatic carbocycles. The second-order valence-corrected chi connectivity index (χ2v) is 16.1. The number of halogens is 3. The zero-order valence-electron chi connectivity index (χ0n) is 23.8. The van der Waals surface area contributed by atoms with Gasteiger partial charge in [0.2, 0.25) is 10.0 Å². The number of benzene rings is 1. The van der Waals surface area contributed by atoms with Crippen LogP contribution in [0.25, 0.3) is 11.3 Å². The largest absolute Gasteiger partial charge is 0.417 e. The number of nitrogens with zero attached hydrogens (tertiary/aromatic N) is 2. The van der Waals surface area contributed by atoms with Gasteiger partial charge in [0.05, 0.1) is 27.5 Å². The number of amides is 1. The molecule has 1 aromatic heterocycles. The molecular formula is C28H38F3N3O5S2. The van der Waals surface area contributed by atoms with Crippen LogP contribution in [0, 0.1) is 12.8 Å². The molecule has 13 heteroatoms. The summed E-state index contributed by atoms with van der Waals surface area (Å²) < 4.78 is 96.7. The Morgan fingerprint density at radius 3 is 2.20 bits per heavy atom. The van der Waals surface area contributed by atoms with Gasteiger partial charge in [-0.1, -0.05) is 25.3 Å². The zero-order valence-corrected chi connectivity index (χ0v) is 25.5. The van der Waals surface area contributed by atoms with Gasteiger partial charge in [-0.2, -0.15) is 13.2 Å². The molecule has 2 aliphatic rings. The first-order chi connectivity index (χ1) is 18.9. The third-order valence-corrected chi connectivity index (χ3v) is 11.1. The molecule has 0 spiro atoms. The lowest BCUT2D eigenvalue weighted by molar-refractivity contribution is -0.139. The quantitative estimate of drug-likeness (QED) is 0.491. The van der Waals surface area contributed by atoms with Crippen molar-refractivity contribution >= 4 is 25.8 Å². The summed E-state index contributed by atoms with van der Waals surface area (Å²) in [6.07, 6.45) is 0.218. The maximum Gasteiger partial charge on any atom is 0.417 e. The van der Waals surface area contributed by atoms with E-state index >= 15 is 0 Å². The molecule has 1 N–H and O–H groups in total. The van der Waals surface area contributed by atoms with Crippen LogP contribution in [-0.2, 0) is 32.6 Å². The van der Waals surface area contributed by atoms with Gasteiger partial charge in [0.15, 0.2) is 9.84 Å². The lowest BCUT2D eigenvalue weighted by atomic mass is 9.89. The summed E-state index contributed by atoms with van der Waals surface area (Å²) in [7, 11) is -7.70. The monoisotopic (exact) mass is 617 g/mol. The van der Waals surface area contributed by atoms with Gasteiger partial charge < -0.3 is 9.47 Å². The Kier molecular flexibility index (Phi) is 8.75. The van der Waals surface area contributed by atoms with Gasteiger partial charge in [0.1, 0.15) is 0 Å². The molecule has 0 radical (unpaired) electrons. The average Bonchev–Trinajstić information content (AvgIpc) is 3.17. The van der Waals surface area contributed by atoms with E-state index in [9.17, 15) is 34.8 Å². The average molecular weight is 618 g/mol. The van der Waals surface area contributed by atoms with Gasteiger partial charge in [-0.3, -0.25) is 4.79 Å². The first kappa shape index (κ1) is 31.6. The van der Waals surface area contributed by atoms with E-state index < -0.39 is 42.0 Å². The van der Waals surface area contributed by atoms with E-state index in [0.717, 1.165) is 44.2 Å². The summed E-state index contributed by atoms with van der Waals surface area (Å²) in [4.78, 5) is 14.1. The van der Waals surface area contributed by atoms with Crippen molar-refractivity contribution in [2.75, 3.05) is 24.6 Å². The number of hydrogen-bond acceptors (Lipinski definition) is 5. The van der Waals surface area contributed by atoms with Gasteiger partial charge in [-0.25, -0.2) is 21.6 Å². The molecule has 1 amide bonds. The molecule has 0 atom stereocenters. The van der Waals surface area contributed by atoms with Gasteiger partial charge in [0, 0.05) is 36.6 Å². The lowest BCUT2D eigenvalue weighted by Gasteiger charge is -2.27. The first-order valence-electron chi connectivity index (χ1n) is 13.8. The van der Waals surface area contributed by atoms with E-state index in [4.69, 9.17) is 0 Å². The molecule has 8 nitrogen and oxygen atoms in total. The maximum atomic E-state index is 14.3. The fourth-order valence-corrected chi connectivity index (χ4v) is 8.48. The van der Waals surface area contributed by atoms with Crippen molar-refractivity contribution in [1.29, 1.82) is 0 Å². The van der Waals surface area contributed by atoms with Crippen LogP contribution in [0.1, 0.15) is 74.5 Å². The number of rotatable bonds is 6. The van der Waals surface area contributed by atoms with Crippen molar-refractivity contribution < 1.29 is 34.8 Å². The molecule has 2 fully saturated rings. The Morgan fingerprint density at radius 2 is 1.63 bits per heavy atom. The van der Waals surface area contributed by atoms with Gasteiger partial charge >= 0.3 is 6.18 Å². The second-order valence-electron chi connectivity index (χ2n) is 12.2. The van der Waals surface area contributed by atoms with Crippen molar-refractivity contribution in [1.82, 2.24) is 14.2 Å². The lowest BCUT2D eigenvalue weighted by Crippen LogP contribution is -2.43. The highest BCUT2D eigenvalue weighted by atomic mass is 32.2. The SMILES string of the molecule is Cc1c(C(=O)N2CCS(=O)(=O)CC2)cc(-c2ccc(S(=O)(=O)NC(C)(C)C)c(C(F)(F)F)c2)n1CC1CCCCC1. The van der Waals surface area contributed by atoms with E-state index in [2.05, 4.69) is 4.72 Å². The Morgan fingerprint density at radius 1 is 1.02 bits per heavy atom. The minimum atomic E-state index is -4.95. The van der Waals surface area contributed by atoms with Crippen LogP contribution in [0.4, 0.5) is 13.2 Å². The molecule has 4 rings (SSSR count). The van der Waals surface area contributed by atoms with Crippen molar-refractivity contribution in [2.24, 2.45) is 5.92 Å². The predicted molar refractivity (Wildman–Crippen MR) is 151 cm³/mol. The highest BCUT2D eigenvalue weighted by Crippen LogP contribution is 2.39. The zero-order chi connectivity index (χ0) is 30.4. The minimum Gasteiger partial charge on any atom is -0.344 e. The Balaban J connectivity index is 1.82. The molecule has 1 aliphatic heterocycles. The van der Waals surface area contributed by atoms with Gasteiger partial charge in [-0.05, 0) is 70.2 Å². The number of sulfonamides is 1. The van der Waals surface area contributed by atoms with E-state index in [0.29, 0.717) is 23.5 Å². The first-order valence-corrected chi connectivity index (χ1v) is 17.1. The summed E-state index contributed by atoms with van der Waals surface area (Å²) in [5, 5.41) is 0. The number of sulfone groups is 1. The Bertz CT molecular complexity index is 1500. The van der Waals surface area contributed by atoms with Crippen LogP contribution in [0.5, 0.6) is 0 Å². The van der Waals surface area contributed by atoms with Crippen molar-refractivity contribution in [2.45, 2.75) is 83.0 Å². The summed E-state index contributed by atoms with van der Waals surface area (Å²) >= 11 is 0. The van der Waals surface area contributed by atoms with Crippen molar-refractivity contribution in [3.63, 3.8) is 0 Å². The standard InChI is InChI=1S/C28H38F3N3O5S2/c1-19-22(26(35)33-12-14-40(36,37)15-13-33)17-24(34(19)18-20-8-6-5-7-9-20)21-10-11-25(23(16-21)28(29,30)31)41(38,39)32-27(2,3)4/h10-11,16-17,20,32H,5-9,12-15,18H2,1-4H3. The highest BCUT2D eigenvalue weighted by molar-refractivity contribution is 7.91. The maximum absolute atomic E-state index is 14.3. The van der Waals surface area contributed by atoms with Crippen LogP contribution in [-0.4, -0.2) is 62.3 Å². The van der Waals surface area contributed by atoms with Gasteiger partial charge in [-0.15, -0.1) is 0 Å². The van der Waals surface area contributed by atoms with E-state index in [-0.39, 0.29) is 42.0 Å². The van der Waals surface area contributed by atoms with Crippen molar-refractivity contribution in [3.05, 3.63) is 41.1 Å². The number of alkyl halides is 3. The highest BCUT2D eigenvalue weighted by Gasteiger charge is 2.39. The van der Waals surface area contributed by atoms with Gasteiger partial charge in [0.25, 0.3) is 5.91 Å². The van der Waals surface area contributed by atoms with Crippen LogP contribution in [0.3, 0.4) is 0 Å². The smallest absolute Gasteiger partial charge is 0.344 e. The number of hydrogen-bond donors (Lipinski definition) is 1. The molecule has 1 saturated carbocycles. The fraction of sp³-hybridized carbons (Fsp3) is 0.607. The van der Waals surface area contributed by atoms with Crippen LogP contribution in [0.2, 0.25) is 0 Å². The Labute approximate surface area is 240 Å². The molecule has 0 unspecified atom stereocenters. The van der Waals surface area contributed by atoms with Crippen LogP contribution < -0.4 is 4.72 Å². The van der Waals surface area contributed by atoms with E-state index in [1.807, 2.05) is 4.57 Å². The van der Waals surface area contributed by atoms with E-state index in [1.54, 1.807) is 33.8 Å². The fourth-order valence-electron chi connectivity index (χ4n) is 5.65. The van der Waals surface area contributed by atoms with E-state index in [1.165, 1.54) is 11.0 Å². The summed E-state index contributed by atoms with van der Waals surface area (Å²) in [6, 6.07) is 4.71. The summed E-state index contributed by atoms with van der Waals surface area (Å²) in [5.74, 6) is -0.359.